The lowest BCUT2D eigenvalue weighted by Gasteiger charge is -2.10. The van der Waals surface area contributed by atoms with Crippen LogP contribution in [0.15, 0.2) is 34.8 Å². The zero-order chi connectivity index (χ0) is 13.3. The van der Waals surface area contributed by atoms with Gasteiger partial charge in [0.25, 0.3) is 0 Å². The molecule has 0 fully saturated rings. The van der Waals surface area contributed by atoms with Crippen LogP contribution in [0.4, 0.5) is 14.5 Å². The molecule has 0 aliphatic rings. The molecule has 2 aromatic rings. The largest absolute Gasteiger partial charge is 0.452 e. The lowest BCUT2D eigenvalue weighted by Crippen LogP contribution is -1.95. The van der Waals surface area contributed by atoms with Gasteiger partial charge in [0.1, 0.15) is 0 Å². The van der Waals surface area contributed by atoms with E-state index < -0.39 is 11.6 Å². The van der Waals surface area contributed by atoms with Crippen molar-refractivity contribution in [3.63, 3.8) is 0 Å². The molecule has 0 atom stereocenters. The SMILES string of the molecule is Nc1cc(Cl)ccc1Oc1cc(Br)cc(F)c1F. The molecule has 0 saturated heterocycles. The molecule has 0 heterocycles. The van der Waals surface area contributed by atoms with Gasteiger partial charge in [0.2, 0.25) is 5.82 Å². The summed E-state index contributed by atoms with van der Waals surface area (Å²) in [6, 6.07) is 6.80. The van der Waals surface area contributed by atoms with Gasteiger partial charge in [-0.15, -0.1) is 0 Å². The van der Waals surface area contributed by atoms with E-state index in [9.17, 15) is 8.78 Å². The van der Waals surface area contributed by atoms with Crippen LogP contribution in [0.2, 0.25) is 5.02 Å². The summed E-state index contributed by atoms with van der Waals surface area (Å²) in [5, 5.41) is 0.431. The van der Waals surface area contributed by atoms with Crippen LogP contribution in [0.5, 0.6) is 11.5 Å². The van der Waals surface area contributed by atoms with Crippen molar-refractivity contribution in [3.8, 4) is 11.5 Å². The number of anilines is 1. The van der Waals surface area contributed by atoms with Crippen molar-refractivity contribution in [1.29, 1.82) is 0 Å². The van der Waals surface area contributed by atoms with Crippen molar-refractivity contribution in [2.24, 2.45) is 0 Å². The van der Waals surface area contributed by atoms with E-state index in [0.29, 0.717) is 9.50 Å². The quantitative estimate of drug-likeness (QED) is 0.635. The van der Waals surface area contributed by atoms with E-state index in [1.807, 2.05) is 0 Å². The van der Waals surface area contributed by atoms with Crippen LogP contribution in [0.3, 0.4) is 0 Å². The predicted molar refractivity (Wildman–Crippen MR) is 70.0 cm³/mol. The maximum absolute atomic E-state index is 13.5. The highest BCUT2D eigenvalue weighted by atomic mass is 79.9. The van der Waals surface area contributed by atoms with Crippen molar-refractivity contribution in [3.05, 3.63) is 51.5 Å². The van der Waals surface area contributed by atoms with Crippen LogP contribution in [-0.2, 0) is 0 Å². The van der Waals surface area contributed by atoms with Gasteiger partial charge in [0.15, 0.2) is 17.3 Å². The maximum Gasteiger partial charge on any atom is 0.201 e. The van der Waals surface area contributed by atoms with Gasteiger partial charge < -0.3 is 10.5 Å². The smallest absolute Gasteiger partial charge is 0.201 e. The van der Waals surface area contributed by atoms with E-state index in [1.54, 1.807) is 6.07 Å². The molecule has 0 aromatic heterocycles. The van der Waals surface area contributed by atoms with Crippen LogP contribution >= 0.6 is 27.5 Å². The molecule has 18 heavy (non-hydrogen) atoms. The van der Waals surface area contributed by atoms with Gasteiger partial charge in [-0.2, -0.15) is 4.39 Å². The van der Waals surface area contributed by atoms with E-state index in [0.717, 1.165) is 6.07 Å². The van der Waals surface area contributed by atoms with Gasteiger partial charge in [0.05, 0.1) is 5.69 Å². The Morgan fingerprint density at radius 2 is 1.83 bits per heavy atom. The summed E-state index contributed by atoms with van der Waals surface area (Å²) in [4.78, 5) is 0. The number of hydrogen-bond acceptors (Lipinski definition) is 2. The van der Waals surface area contributed by atoms with Crippen molar-refractivity contribution in [1.82, 2.24) is 0 Å². The van der Waals surface area contributed by atoms with Gasteiger partial charge in [-0.1, -0.05) is 27.5 Å². The topological polar surface area (TPSA) is 35.2 Å². The second-order valence-corrected chi connectivity index (χ2v) is 4.84. The van der Waals surface area contributed by atoms with Crippen LogP contribution in [-0.4, -0.2) is 0 Å². The van der Waals surface area contributed by atoms with E-state index in [1.165, 1.54) is 18.2 Å². The fourth-order valence-electron chi connectivity index (χ4n) is 1.34. The molecule has 94 valence electrons. The number of halogens is 4. The highest BCUT2D eigenvalue weighted by molar-refractivity contribution is 9.10. The average Bonchev–Trinajstić information content (AvgIpc) is 2.29. The number of rotatable bonds is 2. The Hall–Kier alpha value is -1.33. The number of hydrogen-bond donors (Lipinski definition) is 1. The molecular formula is C12H7BrClF2NO. The predicted octanol–water partition coefficient (Wildman–Crippen LogP) is 4.76. The summed E-state index contributed by atoms with van der Waals surface area (Å²) in [6.45, 7) is 0. The second kappa shape index (κ2) is 5.12. The Balaban J connectivity index is 2.40. The normalized spacial score (nSPS) is 10.4. The van der Waals surface area contributed by atoms with Crippen molar-refractivity contribution >= 4 is 33.2 Å². The Bertz CT molecular complexity index is 607. The zero-order valence-corrected chi connectivity index (χ0v) is 11.2. The standard InChI is InChI=1S/C12H7BrClF2NO/c13-6-3-8(15)12(16)11(4-6)18-10-2-1-7(14)5-9(10)17/h1-5H,17H2. The molecule has 2 nitrogen and oxygen atoms in total. The number of ether oxygens (including phenoxy) is 1. The third-order valence-electron chi connectivity index (χ3n) is 2.15. The summed E-state index contributed by atoms with van der Waals surface area (Å²) < 4.78 is 32.3. The minimum atomic E-state index is -1.08. The third-order valence-corrected chi connectivity index (χ3v) is 2.84. The summed E-state index contributed by atoms with van der Waals surface area (Å²) in [5.41, 5.74) is 5.90. The van der Waals surface area contributed by atoms with E-state index in [-0.39, 0.29) is 17.2 Å². The zero-order valence-electron chi connectivity index (χ0n) is 8.88. The molecule has 0 unspecified atom stereocenters. The molecule has 0 aliphatic carbocycles. The summed E-state index contributed by atoms with van der Waals surface area (Å²) in [7, 11) is 0. The highest BCUT2D eigenvalue weighted by Gasteiger charge is 2.13. The molecule has 0 spiro atoms. The molecule has 2 N–H and O–H groups in total. The molecule has 0 saturated carbocycles. The maximum atomic E-state index is 13.5. The van der Waals surface area contributed by atoms with Crippen LogP contribution in [0.1, 0.15) is 0 Å². The fourth-order valence-corrected chi connectivity index (χ4v) is 1.93. The van der Waals surface area contributed by atoms with Crippen LogP contribution in [0.25, 0.3) is 0 Å². The lowest BCUT2D eigenvalue weighted by molar-refractivity contribution is 0.416. The first-order valence-electron chi connectivity index (χ1n) is 4.85. The minimum absolute atomic E-state index is 0.204. The number of nitrogens with two attached hydrogens (primary N) is 1. The Morgan fingerprint density at radius 3 is 2.50 bits per heavy atom. The van der Waals surface area contributed by atoms with Gasteiger partial charge >= 0.3 is 0 Å². The van der Waals surface area contributed by atoms with Gasteiger partial charge in [0, 0.05) is 9.50 Å². The first-order chi connectivity index (χ1) is 8.47. The Kier molecular flexibility index (Phi) is 3.73. The highest BCUT2D eigenvalue weighted by Crippen LogP contribution is 2.33. The first-order valence-corrected chi connectivity index (χ1v) is 6.02. The molecule has 6 heteroatoms. The minimum Gasteiger partial charge on any atom is -0.452 e. The Labute approximate surface area is 115 Å². The molecule has 0 radical (unpaired) electrons. The van der Waals surface area contributed by atoms with Crippen molar-refractivity contribution in [2.75, 3.05) is 5.73 Å². The number of nitrogen functional groups attached to an aromatic ring is 1. The van der Waals surface area contributed by atoms with E-state index in [4.69, 9.17) is 22.1 Å². The molecular weight excluding hydrogens is 327 g/mol. The summed E-state index contributed by atoms with van der Waals surface area (Å²) in [5.74, 6) is -2.13. The van der Waals surface area contributed by atoms with Gasteiger partial charge in [-0.25, -0.2) is 4.39 Å². The second-order valence-electron chi connectivity index (χ2n) is 3.48. The molecule has 0 aliphatic heterocycles. The van der Waals surface area contributed by atoms with E-state index >= 15 is 0 Å². The molecule has 2 aromatic carbocycles. The molecule has 2 rings (SSSR count). The molecule has 0 amide bonds. The van der Waals surface area contributed by atoms with Crippen molar-refractivity contribution < 1.29 is 13.5 Å². The molecule has 0 bridgehead atoms. The first kappa shape index (κ1) is 13.1. The third kappa shape index (κ3) is 2.73. The van der Waals surface area contributed by atoms with Gasteiger partial charge in [-0.05, 0) is 30.3 Å². The fraction of sp³-hybridized carbons (Fsp3) is 0. The summed E-state index contributed by atoms with van der Waals surface area (Å²) in [6.07, 6.45) is 0. The van der Waals surface area contributed by atoms with Gasteiger partial charge in [-0.3, -0.25) is 0 Å². The lowest BCUT2D eigenvalue weighted by atomic mass is 10.3. The average molecular weight is 335 g/mol. The van der Waals surface area contributed by atoms with Crippen LogP contribution < -0.4 is 10.5 Å². The summed E-state index contributed by atoms with van der Waals surface area (Å²) >= 11 is 8.78. The monoisotopic (exact) mass is 333 g/mol. The Morgan fingerprint density at radius 1 is 1.11 bits per heavy atom. The van der Waals surface area contributed by atoms with Crippen molar-refractivity contribution in [2.45, 2.75) is 0 Å². The van der Waals surface area contributed by atoms with Crippen LogP contribution in [0, 0.1) is 11.6 Å². The van der Waals surface area contributed by atoms with E-state index in [2.05, 4.69) is 15.9 Å². The number of benzene rings is 2.